The van der Waals surface area contributed by atoms with E-state index >= 15 is 0 Å². The third-order valence-electron chi connectivity index (χ3n) is 10.6. The molecule has 2 N–H and O–H groups in total. The Morgan fingerprint density at radius 3 is 2.20 bits per heavy atom. The van der Waals surface area contributed by atoms with Crippen molar-refractivity contribution in [1.29, 1.82) is 0 Å². The zero-order valence-electron chi connectivity index (χ0n) is 26.8. The van der Waals surface area contributed by atoms with E-state index in [0.29, 0.717) is 12.0 Å². The predicted molar refractivity (Wildman–Crippen MR) is 158 cm³/mol. The SMILES string of the molecule is CCCCOC(=O)CCC(=O)O[C@@H]1[C@]2(C)C(C(=O)c3c(O)cccc3[C@H]2C)C(=O)[C@@]2(O)C(=O)C(C(C)=O)C(=O)C(C(C)C)[C@@]12C. The Kier molecular flexibility index (Phi) is 9.02. The van der Waals surface area contributed by atoms with Crippen molar-refractivity contribution in [2.75, 3.05) is 6.61 Å². The third-order valence-corrected chi connectivity index (χ3v) is 10.6. The number of esters is 2. The van der Waals surface area contributed by atoms with Gasteiger partial charge in [-0.15, -0.1) is 0 Å². The maximum Gasteiger partial charge on any atom is 0.306 e. The maximum absolute atomic E-state index is 14.6. The van der Waals surface area contributed by atoms with Crippen LogP contribution < -0.4 is 0 Å². The summed E-state index contributed by atoms with van der Waals surface area (Å²) in [6.45, 7) is 10.9. The number of Topliss-reactive ketones (excluding diaryl/α,β-unsaturated/α-hetero) is 5. The third kappa shape index (κ3) is 4.76. The van der Waals surface area contributed by atoms with Crippen molar-refractivity contribution in [3.8, 4) is 5.75 Å². The lowest BCUT2D eigenvalue weighted by atomic mass is 9.37. The summed E-state index contributed by atoms with van der Waals surface area (Å²) in [5.41, 5.74) is -6.64. The highest BCUT2D eigenvalue weighted by molar-refractivity contribution is 6.33. The molecule has 2 saturated carbocycles. The number of fused-ring (bicyclic) bond motifs is 3. The number of benzene rings is 1. The number of hydrogen-bond donors (Lipinski definition) is 2. The van der Waals surface area contributed by atoms with E-state index in [9.17, 15) is 43.8 Å². The summed E-state index contributed by atoms with van der Waals surface area (Å²) in [7, 11) is 0. The van der Waals surface area contributed by atoms with Crippen molar-refractivity contribution in [3.05, 3.63) is 29.3 Å². The predicted octanol–water partition coefficient (Wildman–Crippen LogP) is 3.30. The minimum absolute atomic E-state index is 0.157. The molecule has 0 heterocycles. The second kappa shape index (κ2) is 11.9. The number of aromatic hydroxyl groups is 1. The van der Waals surface area contributed by atoms with Crippen LogP contribution in [0.5, 0.6) is 5.75 Å². The molecule has 0 amide bonds. The molecule has 0 bridgehead atoms. The van der Waals surface area contributed by atoms with Gasteiger partial charge in [0.2, 0.25) is 0 Å². The lowest BCUT2D eigenvalue weighted by Gasteiger charge is -2.66. The van der Waals surface area contributed by atoms with Gasteiger partial charge >= 0.3 is 11.9 Å². The van der Waals surface area contributed by atoms with Gasteiger partial charge < -0.3 is 19.7 Å². The molecule has 0 radical (unpaired) electrons. The van der Waals surface area contributed by atoms with Gasteiger partial charge in [-0.2, -0.15) is 0 Å². The van der Waals surface area contributed by atoms with Crippen molar-refractivity contribution < 1.29 is 53.2 Å². The average Bonchev–Trinajstić information content (AvgIpc) is 2.95. The highest BCUT2D eigenvalue weighted by Crippen LogP contribution is 2.67. The Hall–Kier alpha value is -3.73. The van der Waals surface area contributed by atoms with Gasteiger partial charge in [0.25, 0.3) is 0 Å². The van der Waals surface area contributed by atoms with Crippen LogP contribution in [0.15, 0.2) is 18.2 Å². The number of aliphatic hydroxyl groups is 1. The lowest BCUT2D eigenvalue weighted by molar-refractivity contribution is -0.248. The summed E-state index contributed by atoms with van der Waals surface area (Å²) < 4.78 is 11.2. The van der Waals surface area contributed by atoms with Gasteiger partial charge in [0.1, 0.15) is 23.6 Å². The van der Waals surface area contributed by atoms with Gasteiger partial charge in [0, 0.05) is 11.3 Å². The van der Waals surface area contributed by atoms with Gasteiger partial charge in [0.15, 0.2) is 28.7 Å². The Morgan fingerprint density at radius 1 is 1.00 bits per heavy atom. The summed E-state index contributed by atoms with van der Waals surface area (Å²) in [5.74, 6) is -13.6. The molecule has 3 aliphatic carbocycles. The molecule has 2 fully saturated rings. The van der Waals surface area contributed by atoms with Gasteiger partial charge in [-0.05, 0) is 36.8 Å². The van der Waals surface area contributed by atoms with E-state index in [0.717, 1.165) is 13.3 Å². The Balaban J connectivity index is 1.95. The van der Waals surface area contributed by atoms with Crippen molar-refractivity contribution in [1.82, 2.24) is 0 Å². The first-order valence-electron chi connectivity index (χ1n) is 15.5. The summed E-state index contributed by atoms with van der Waals surface area (Å²) in [5, 5.41) is 23.2. The number of carbonyl (C=O) groups excluding carboxylic acids is 7. The topological polar surface area (TPSA) is 178 Å². The van der Waals surface area contributed by atoms with Crippen LogP contribution in [0.2, 0.25) is 0 Å². The van der Waals surface area contributed by atoms with E-state index in [1.54, 1.807) is 26.8 Å². The summed E-state index contributed by atoms with van der Waals surface area (Å²) >= 11 is 0. The highest BCUT2D eigenvalue weighted by Gasteiger charge is 2.81. The molecule has 1 aromatic carbocycles. The smallest absolute Gasteiger partial charge is 0.306 e. The first-order chi connectivity index (χ1) is 20.9. The van der Waals surface area contributed by atoms with Gasteiger partial charge in [-0.1, -0.05) is 60.1 Å². The molecule has 8 atom stereocenters. The van der Waals surface area contributed by atoms with Crippen LogP contribution >= 0.6 is 0 Å². The number of phenolic OH excluding ortho intramolecular Hbond substituents is 1. The van der Waals surface area contributed by atoms with E-state index in [1.807, 2.05) is 6.92 Å². The maximum atomic E-state index is 14.6. The first-order valence-corrected chi connectivity index (χ1v) is 15.5. The number of ketones is 5. The minimum atomic E-state index is -3.09. The first kappa shape index (κ1) is 34.1. The van der Waals surface area contributed by atoms with Crippen LogP contribution in [-0.2, 0) is 38.2 Å². The van der Waals surface area contributed by atoms with Crippen LogP contribution in [0.1, 0.15) is 96.0 Å². The molecular formula is C34H42O11. The van der Waals surface area contributed by atoms with Crippen molar-refractivity contribution >= 4 is 40.9 Å². The Labute approximate surface area is 262 Å². The standard InChI is InChI=1S/C34H42O11/c1-8-9-15-44-21(37)13-14-22(38)45-31-32(6)17(4)19-11-10-12-20(36)24(19)28(40)26(32)30(42)34(43)29(41)23(18(5)35)27(39)25(16(2)3)33(31,34)7/h10-12,16-17,23,25-26,31,36,43H,8-9,13-15H2,1-7H3/t17-,23?,25?,26?,31-,32+,33+,34+/m1/s1. The van der Waals surface area contributed by atoms with Crippen molar-refractivity contribution in [2.24, 2.45) is 34.5 Å². The van der Waals surface area contributed by atoms with Crippen LogP contribution in [0.25, 0.3) is 0 Å². The Bertz CT molecular complexity index is 1480. The van der Waals surface area contributed by atoms with Crippen molar-refractivity contribution in [2.45, 2.75) is 91.8 Å². The second-order valence-corrected chi connectivity index (χ2v) is 13.5. The zero-order valence-corrected chi connectivity index (χ0v) is 26.8. The zero-order chi connectivity index (χ0) is 33.8. The van der Waals surface area contributed by atoms with Gasteiger partial charge in [-0.3, -0.25) is 33.6 Å². The fraction of sp³-hybridized carbons (Fsp3) is 0.618. The normalized spacial score (nSPS) is 34.1. The summed E-state index contributed by atoms with van der Waals surface area (Å²) in [4.78, 5) is 95.4. The number of ether oxygens (including phenoxy) is 2. The van der Waals surface area contributed by atoms with E-state index in [2.05, 4.69) is 0 Å². The molecule has 45 heavy (non-hydrogen) atoms. The van der Waals surface area contributed by atoms with Gasteiger partial charge in [-0.25, -0.2) is 0 Å². The number of unbranched alkanes of at least 4 members (excludes halogenated alkanes) is 1. The number of rotatable bonds is 9. The monoisotopic (exact) mass is 626 g/mol. The molecule has 4 rings (SSSR count). The fourth-order valence-electron chi connectivity index (χ4n) is 8.33. The van der Waals surface area contributed by atoms with Crippen LogP contribution in [0.4, 0.5) is 0 Å². The lowest BCUT2D eigenvalue weighted by Crippen LogP contribution is -2.82. The van der Waals surface area contributed by atoms with Crippen molar-refractivity contribution in [3.63, 3.8) is 0 Å². The van der Waals surface area contributed by atoms with Crippen LogP contribution in [0, 0.1) is 34.5 Å². The van der Waals surface area contributed by atoms with E-state index < -0.39 is 105 Å². The molecular weight excluding hydrogens is 584 g/mol. The molecule has 0 aliphatic heterocycles. The number of hydrogen-bond acceptors (Lipinski definition) is 11. The molecule has 3 aliphatic rings. The molecule has 3 unspecified atom stereocenters. The fourth-order valence-corrected chi connectivity index (χ4v) is 8.33. The average molecular weight is 627 g/mol. The van der Waals surface area contributed by atoms with Crippen LogP contribution in [0.3, 0.4) is 0 Å². The molecule has 1 aromatic rings. The summed E-state index contributed by atoms with van der Waals surface area (Å²) in [6.07, 6.45) is -0.948. The quantitative estimate of drug-likeness (QED) is 0.233. The molecule has 11 heteroatoms. The molecule has 244 valence electrons. The molecule has 11 nitrogen and oxygen atoms in total. The van der Waals surface area contributed by atoms with E-state index in [-0.39, 0.29) is 18.6 Å². The highest BCUT2D eigenvalue weighted by atomic mass is 16.6. The molecule has 0 spiro atoms. The van der Waals surface area contributed by atoms with E-state index in [1.165, 1.54) is 26.0 Å². The molecule has 0 aromatic heterocycles. The van der Waals surface area contributed by atoms with E-state index in [4.69, 9.17) is 9.47 Å². The molecule has 0 saturated heterocycles. The second-order valence-electron chi connectivity index (χ2n) is 13.5. The Morgan fingerprint density at radius 2 is 1.62 bits per heavy atom. The van der Waals surface area contributed by atoms with Gasteiger partial charge in [0.05, 0.1) is 36.3 Å². The number of carbonyl (C=O) groups is 7. The number of phenols is 1. The minimum Gasteiger partial charge on any atom is -0.507 e. The largest absolute Gasteiger partial charge is 0.507 e. The van der Waals surface area contributed by atoms with Crippen LogP contribution in [-0.4, -0.2) is 69.4 Å². The summed E-state index contributed by atoms with van der Waals surface area (Å²) in [6, 6.07) is 4.40.